The van der Waals surface area contributed by atoms with Crippen molar-refractivity contribution in [1.82, 2.24) is 10.2 Å². The van der Waals surface area contributed by atoms with E-state index in [-0.39, 0.29) is 0 Å². The van der Waals surface area contributed by atoms with Crippen LogP contribution < -0.4 is 14.8 Å². The Balaban J connectivity index is 2.18. The van der Waals surface area contributed by atoms with Crippen LogP contribution in [0.3, 0.4) is 0 Å². The van der Waals surface area contributed by atoms with Gasteiger partial charge in [0.25, 0.3) is 0 Å². The first-order chi connectivity index (χ1) is 9.67. The van der Waals surface area contributed by atoms with Crippen molar-refractivity contribution in [3.63, 3.8) is 0 Å². The van der Waals surface area contributed by atoms with Crippen LogP contribution in [0.4, 0.5) is 4.39 Å². The average molecular weight is 284 g/mol. The largest absolute Gasteiger partial charge is 0.505 e. The van der Waals surface area contributed by atoms with Crippen molar-refractivity contribution in [2.75, 3.05) is 46.9 Å². The van der Waals surface area contributed by atoms with Crippen LogP contribution in [0, 0.1) is 5.82 Å². The Hall–Kier alpha value is -1.53. The summed E-state index contributed by atoms with van der Waals surface area (Å²) in [6.07, 6.45) is 0.472. The lowest BCUT2D eigenvalue weighted by molar-refractivity contribution is 0.241. The highest BCUT2D eigenvalue weighted by Gasteiger charge is 2.20. The molecule has 6 heteroatoms. The Kier molecular flexibility index (Phi) is 5.03. The molecule has 112 valence electrons. The molecule has 5 nitrogen and oxygen atoms in total. The third kappa shape index (κ3) is 3.13. The van der Waals surface area contributed by atoms with Gasteiger partial charge in [0.1, 0.15) is 0 Å². The van der Waals surface area contributed by atoms with E-state index in [0.29, 0.717) is 23.5 Å². The van der Waals surface area contributed by atoms with Crippen molar-refractivity contribution in [1.29, 1.82) is 0 Å². The van der Waals surface area contributed by atoms with Gasteiger partial charge in [0, 0.05) is 44.4 Å². The van der Waals surface area contributed by atoms with E-state index < -0.39 is 11.6 Å². The number of phenols is 1. The SMILES string of the molecule is COc1cc(O)c(F)c(CCN2CCNCC2)c1OC. The van der Waals surface area contributed by atoms with Crippen LogP contribution in [0.5, 0.6) is 17.2 Å². The predicted octanol–water partition coefficient (Wildman–Crippen LogP) is 0.996. The molecule has 0 aromatic heterocycles. The number of methoxy groups -OCH3 is 2. The van der Waals surface area contributed by atoms with E-state index in [1.807, 2.05) is 0 Å². The van der Waals surface area contributed by atoms with Crippen LogP contribution in [0.25, 0.3) is 0 Å². The van der Waals surface area contributed by atoms with Crippen molar-refractivity contribution >= 4 is 0 Å². The Labute approximate surface area is 118 Å². The van der Waals surface area contributed by atoms with Gasteiger partial charge in [0.05, 0.1) is 14.2 Å². The number of aromatic hydroxyl groups is 1. The molecular weight excluding hydrogens is 263 g/mol. The molecule has 1 aliphatic rings. The van der Waals surface area contributed by atoms with Gasteiger partial charge in [-0.15, -0.1) is 0 Å². The molecule has 0 amide bonds. The second-order valence-electron chi connectivity index (χ2n) is 4.77. The fraction of sp³-hybridized carbons (Fsp3) is 0.571. The molecule has 1 aromatic rings. The molecule has 1 saturated heterocycles. The topological polar surface area (TPSA) is 54.0 Å². The number of halogens is 1. The molecule has 2 rings (SSSR count). The van der Waals surface area contributed by atoms with Gasteiger partial charge in [0.2, 0.25) is 0 Å². The third-order valence-electron chi connectivity index (χ3n) is 3.57. The first-order valence-electron chi connectivity index (χ1n) is 6.72. The number of hydrogen-bond donors (Lipinski definition) is 2. The van der Waals surface area contributed by atoms with Crippen molar-refractivity contribution in [3.05, 3.63) is 17.4 Å². The molecule has 0 aliphatic carbocycles. The van der Waals surface area contributed by atoms with Gasteiger partial charge in [-0.25, -0.2) is 4.39 Å². The number of ether oxygens (including phenoxy) is 2. The van der Waals surface area contributed by atoms with E-state index in [9.17, 15) is 9.50 Å². The first-order valence-corrected chi connectivity index (χ1v) is 6.72. The predicted molar refractivity (Wildman–Crippen MR) is 74.2 cm³/mol. The highest BCUT2D eigenvalue weighted by molar-refractivity contribution is 5.52. The summed E-state index contributed by atoms with van der Waals surface area (Å²) < 4.78 is 24.5. The highest BCUT2D eigenvalue weighted by Crippen LogP contribution is 2.38. The summed E-state index contributed by atoms with van der Waals surface area (Å²) in [5.41, 5.74) is 0.364. The summed E-state index contributed by atoms with van der Waals surface area (Å²) in [7, 11) is 2.94. The zero-order valence-electron chi connectivity index (χ0n) is 11.9. The monoisotopic (exact) mass is 284 g/mol. The molecule has 2 N–H and O–H groups in total. The van der Waals surface area contributed by atoms with Gasteiger partial charge in [-0.3, -0.25) is 0 Å². The molecule has 0 unspecified atom stereocenters. The third-order valence-corrected chi connectivity index (χ3v) is 3.57. The molecule has 20 heavy (non-hydrogen) atoms. The van der Waals surface area contributed by atoms with Gasteiger partial charge in [-0.1, -0.05) is 0 Å². The number of rotatable bonds is 5. The maximum atomic E-state index is 14.1. The maximum Gasteiger partial charge on any atom is 0.172 e. The average Bonchev–Trinajstić information content (AvgIpc) is 2.49. The summed E-state index contributed by atoms with van der Waals surface area (Å²) in [5, 5.41) is 12.9. The van der Waals surface area contributed by atoms with E-state index in [4.69, 9.17) is 9.47 Å². The summed E-state index contributed by atoms with van der Waals surface area (Å²) in [5.74, 6) is -0.324. The minimum atomic E-state index is -0.627. The summed E-state index contributed by atoms with van der Waals surface area (Å²) in [4.78, 5) is 2.26. The summed E-state index contributed by atoms with van der Waals surface area (Å²) in [6.45, 7) is 4.51. The van der Waals surface area contributed by atoms with Crippen LogP contribution in [-0.2, 0) is 6.42 Å². The molecule has 0 saturated carbocycles. The lowest BCUT2D eigenvalue weighted by Gasteiger charge is -2.27. The van der Waals surface area contributed by atoms with Crippen LogP contribution in [0.1, 0.15) is 5.56 Å². The Bertz CT molecular complexity index is 462. The van der Waals surface area contributed by atoms with Gasteiger partial charge in [-0.2, -0.15) is 0 Å². The van der Waals surface area contributed by atoms with Crippen LogP contribution in [-0.4, -0.2) is 56.9 Å². The van der Waals surface area contributed by atoms with Crippen molar-refractivity contribution in [2.24, 2.45) is 0 Å². The molecule has 1 aliphatic heterocycles. The molecule has 0 spiro atoms. The zero-order chi connectivity index (χ0) is 14.5. The molecule has 1 fully saturated rings. The van der Waals surface area contributed by atoms with E-state index in [2.05, 4.69) is 10.2 Å². The summed E-state index contributed by atoms with van der Waals surface area (Å²) >= 11 is 0. The fourth-order valence-corrected chi connectivity index (χ4v) is 2.46. The zero-order valence-corrected chi connectivity index (χ0v) is 11.9. The van der Waals surface area contributed by atoms with Crippen molar-refractivity contribution < 1.29 is 19.0 Å². The standard InChI is InChI=1S/C14H21FN2O3/c1-19-12-9-11(18)13(15)10(14(12)20-2)3-6-17-7-4-16-5-8-17/h9,16,18H,3-8H2,1-2H3. The molecule has 0 atom stereocenters. The van der Waals surface area contributed by atoms with E-state index in [1.165, 1.54) is 20.3 Å². The van der Waals surface area contributed by atoms with Crippen molar-refractivity contribution in [2.45, 2.75) is 6.42 Å². The van der Waals surface area contributed by atoms with Gasteiger partial charge in [0.15, 0.2) is 23.1 Å². The number of nitrogens with one attached hydrogen (secondary N) is 1. The lowest BCUT2D eigenvalue weighted by Crippen LogP contribution is -2.44. The molecular formula is C14H21FN2O3. The maximum absolute atomic E-state index is 14.1. The Morgan fingerprint density at radius 3 is 2.60 bits per heavy atom. The first kappa shape index (κ1) is 14.9. The smallest absolute Gasteiger partial charge is 0.172 e. The van der Waals surface area contributed by atoms with E-state index >= 15 is 0 Å². The number of phenolic OH excluding ortho intramolecular Hbond substituents is 1. The van der Waals surface area contributed by atoms with Gasteiger partial charge >= 0.3 is 0 Å². The summed E-state index contributed by atoms with van der Waals surface area (Å²) in [6, 6.07) is 1.24. The molecule has 0 bridgehead atoms. The Morgan fingerprint density at radius 2 is 2.00 bits per heavy atom. The fourth-order valence-electron chi connectivity index (χ4n) is 2.46. The van der Waals surface area contributed by atoms with Gasteiger partial charge < -0.3 is 24.8 Å². The number of benzene rings is 1. The molecule has 1 heterocycles. The van der Waals surface area contributed by atoms with Gasteiger partial charge in [-0.05, 0) is 6.42 Å². The minimum Gasteiger partial charge on any atom is -0.505 e. The normalized spacial score (nSPS) is 16.1. The number of nitrogens with zero attached hydrogens (tertiary/aromatic N) is 1. The van der Waals surface area contributed by atoms with Crippen LogP contribution >= 0.6 is 0 Å². The van der Waals surface area contributed by atoms with E-state index in [0.717, 1.165) is 32.7 Å². The van der Waals surface area contributed by atoms with Crippen molar-refractivity contribution in [3.8, 4) is 17.2 Å². The lowest BCUT2D eigenvalue weighted by atomic mass is 10.1. The number of hydrogen-bond acceptors (Lipinski definition) is 5. The second kappa shape index (κ2) is 6.76. The van der Waals surface area contributed by atoms with E-state index in [1.54, 1.807) is 0 Å². The second-order valence-corrected chi connectivity index (χ2v) is 4.77. The molecule has 0 radical (unpaired) electrons. The van der Waals surface area contributed by atoms with Crippen LogP contribution in [0.2, 0.25) is 0 Å². The quantitative estimate of drug-likeness (QED) is 0.845. The Morgan fingerprint density at radius 1 is 1.30 bits per heavy atom. The molecule has 1 aromatic carbocycles. The number of piperazine rings is 1. The highest BCUT2D eigenvalue weighted by atomic mass is 19.1. The minimum absolute atomic E-state index is 0.349. The van der Waals surface area contributed by atoms with Crippen LogP contribution in [0.15, 0.2) is 6.07 Å².